The van der Waals surface area contributed by atoms with Crippen LogP contribution in [0.2, 0.25) is 0 Å². The predicted octanol–water partition coefficient (Wildman–Crippen LogP) is 4.36. The van der Waals surface area contributed by atoms with Crippen molar-refractivity contribution >= 4 is 5.91 Å². The zero-order valence-electron chi connectivity index (χ0n) is 19.8. The molecule has 0 radical (unpaired) electrons. The summed E-state index contributed by atoms with van der Waals surface area (Å²) < 4.78 is 8.58. The van der Waals surface area contributed by atoms with Crippen molar-refractivity contribution in [3.63, 3.8) is 0 Å². The van der Waals surface area contributed by atoms with E-state index in [4.69, 9.17) is 4.74 Å². The molecule has 3 saturated carbocycles. The maximum atomic E-state index is 13.3. The Morgan fingerprint density at radius 1 is 1.16 bits per heavy atom. The van der Waals surface area contributed by atoms with Crippen LogP contribution >= 0.6 is 0 Å². The Balaban J connectivity index is 1.32. The van der Waals surface area contributed by atoms with Gasteiger partial charge in [-0.25, -0.2) is 4.68 Å². The lowest BCUT2D eigenvalue weighted by atomic mass is 9.77. The van der Waals surface area contributed by atoms with Crippen molar-refractivity contribution in [2.45, 2.75) is 96.6 Å². The molecule has 5 rings (SSSR count). The van der Waals surface area contributed by atoms with Gasteiger partial charge in [0.1, 0.15) is 0 Å². The van der Waals surface area contributed by atoms with Crippen LogP contribution in [-0.2, 0) is 14.9 Å². The van der Waals surface area contributed by atoms with E-state index in [1.54, 1.807) is 0 Å². The summed E-state index contributed by atoms with van der Waals surface area (Å²) in [7, 11) is 0. The molecule has 6 nitrogen and oxygen atoms in total. The van der Waals surface area contributed by atoms with Gasteiger partial charge in [-0.05, 0) is 56.3 Å². The Morgan fingerprint density at radius 2 is 1.84 bits per heavy atom. The second-order valence-electron chi connectivity index (χ2n) is 12.2. The van der Waals surface area contributed by atoms with E-state index < -0.39 is 0 Å². The molecule has 4 fully saturated rings. The molecular formula is C25H40N4O2. The molecule has 1 aliphatic heterocycles. The summed E-state index contributed by atoms with van der Waals surface area (Å²) in [4.78, 5) is 15.5. The number of carbonyl (C=O) groups is 1. The smallest absolute Gasteiger partial charge is 0.228 e. The normalized spacial score (nSPS) is 33.0. The average Bonchev–Trinajstić information content (AvgIpc) is 3.11. The molecule has 2 heterocycles. The van der Waals surface area contributed by atoms with Crippen molar-refractivity contribution in [2.24, 2.45) is 23.2 Å². The highest BCUT2D eigenvalue weighted by Gasteiger charge is 2.48. The van der Waals surface area contributed by atoms with Gasteiger partial charge in [0.2, 0.25) is 5.91 Å². The van der Waals surface area contributed by atoms with Gasteiger partial charge < -0.3 is 9.64 Å². The molecule has 0 spiro atoms. The maximum Gasteiger partial charge on any atom is 0.228 e. The summed E-state index contributed by atoms with van der Waals surface area (Å²) in [5.74, 6) is 2.26. The van der Waals surface area contributed by atoms with Crippen LogP contribution in [0.1, 0.15) is 90.8 Å². The number of fused-ring (bicyclic) bond motifs is 1. The summed E-state index contributed by atoms with van der Waals surface area (Å²) in [6.45, 7) is 11.4. The van der Waals surface area contributed by atoms with Gasteiger partial charge in [-0.1, -0.05) is 45.7 Å². The molecule has 4 aliphatic rings. The lowest BCUT2D eigenvalue weighted by Crippen LogP contribution is -2.40. The van der Waals surface area contributed by atoms with E-state index in [1.165, 1.54) is 25.7 Å². The number of likely N-dealkylation sites (tertiary alicyclic amines) is 1. The minimum Gasteiger partial charge on any atom is -0.376 e. The number of hydrogen-bond acceptors (Lipinski definition) is 4. The first-order valence-electron chi connectivity index (χ1n) is 12.6. The van der Waals surface area contributed by atoms with Crippen LogP contribution in [0.25, 0.3) is 0 Å². The Kier molecular flexibility index (Phi) is 5.43. The van der Waals surface area contributed by atoms with E-state index in [0.717, 1.165) is 57.0 Å². The molecule has 1 amide bonds. The first-order chi connectivity index (χ1) is 14.7. The summed E-state index contributed by atoms with van der Waals surface area (Å²) in [5.41, 5.74) is 0.906. The predicted molar refractivity (Wildman–Crippen MR) is 120 cm³/mol. The van der Waals surface area contributed by atoms with E-state index >= 15 is 0 Å². The van der Waals surface area contributed by atoms with Crippen LogP contribution in [0.5, 0.6) is 0 Å². The summed E-state index contributed by atoms with van der Waals surface area (Å²) >= 11 is 0. The van der Waals surface area contributed by atoms with Crippen LogP contribution in [0.3, 0.4) is 0 Å². The van der Waals surface area contributed by atoms with Crippen molar-refractivity contribution in [2.75, 3.05) is 19.7 Å². The van der Waals surface area contributed by atoms with Gasteiger partial charge in [-0.15, -0.1) is 5.10 Å². The number of aromatic nitrogens is 3. The third kappa shape index (κ3) is 4.29. The van der Waals surface area contributed by atoms with Crippen molar-refractivity contribution < 1.29 is 9.53 Å². The number of nitrogens with zero attached hydrogens (tertiary/aromatic N) is 4. The molecule has 4 atom stereocenters. The number of rotatable bonds is 5. The Hall–Kier alpha value is -1.43. The fraction of sp³-hybridized carbons (Fsp3) is 0.880. The molecule has 0 N–H and O–H groups in total. The molecule has 0 unspecified atom stereocenters. The first-order valence-corrected chi connectivity index (χ1v) is 12.6. The molecule has 172 valence electrons. The summed E-state index contributed by atoms with van der Waals surface area (Å²) in [6, 6.07) is 0.223. The fourth-order valence-electron chi connectivity index (χ4n) is 6.09. The molecular weight excluding hydrogens is 388 g/mol. The maximum absolute atomic E-state index is 13.3. The second kappa shape index (κ2) is 7.86. The number of carbonyl (C=O) groups excluding carboxylic acids is 1. The molecule has 0 aromatic carbocycles. The SMILES string of the molecule is CC1(C(=O)N2C[C@H]3C[C@@H](n4cc(C(C)(C)C)nn4)[C@H](OCC4CC4)C[C@H]3C2)CCCC1. The largest absolute Gasteiger partial charge is 0.376 e. The minimum absolute atomic E-state index is 0.00682. The van der Waals surface area contributed by atoms with Crippen LogP contribution in [-0.4, -0.2) is 51.6 Å². The second-order valence-corrected chi connectivity index (χ2v) is 12.2. The topological polar surface area (TPSA) is 60.2 Å². The Labute approximate surface area is 187 Å². The Morgan fingerprint density at radius 3 is 2.45 bits per heavy atom. The van der Waals surface area contributed by atoms with E-state index in [1.807, 2.05) is 0 Å². The highest BCUT2D eigenvalue weighted by atomic mass is 16.5. The third-order valence-electron chi connectivity index (χ3n) is 8.46. The van der Waals surface area contributed by atoms with Crippen LogP contribution in [0.15, 0.2) is 6.20 Å². The van der Waals surface area contributed by atoms with Gasteiger partial charge in [0.25, 0.3) is 0 Å². The lowest BCUT2D eigenvalue weighted by Gasteiger charge is -2.37. The molecule has 1 aromatic rings. The fourth-order valence-corrected chi connectivity index (χ4v) is 6.09. The highest BCUT2D eigenvalue weighted by Crippen LogP contribution is 2.46. The Bertz CT molecular complexity index is 803. The molecule has 31 heavy (non-hydrogen) atoms. The molecule has 3 aliphatic carbocycles. The first kappa shape index (κ1) is 21.4. The number of hydrogen-bond donors (Lipinski definition) is 0. The highest BCUT2D eigenvalue weighted by molar-refractivity contribution is 5.83. The van der Waals surface area contributed by atoms with Crippen molar-refractivity contribution in [3.05, 3.63) is 11.9 Å². The minimum atomic E-state index is -0.123. The summed E-state index contributed by atoms with van der Waals surface area (Å²) in [5, 5.41) is 9.04. The zero-order chi connectivity index (χ0) is 21.8. The van der Waals surface area contributed by atoms with Crippen LogP contribution in [0, 0.1) is 23.2 Å². The van der Waals surface area contributed by atoms with Crippen LogP contribution < -0.4 is 0 Å². The molecule has 0 bridgehead atoms. The monoisotopic (exact) mass is 428 g/mol. The van der Waals surface area contributed by atoms with Crippen molar-refractivity contribution in [1.29, 1.82) is 0 Å². The van der Waals surface area contributed by atoms with E-state index in [9.17, 15) is 4.79 Å². The van der Waals surface area contributed by atoms with Gasteiger partial charge in [-0.2, -0.15) is 0 Å². The van der Waals surface area contributed by atoms with E-state index in [0.29, 0.717) is 17.7 Å². The van der Waals surface area contributed by atoms with Gasteiger partial charge in [0, 0.05) is 36.7 Å². The third-order valence-corrected chi connectivity index (χ3v) is 8.46. The molecule has 1 aromatic heterocycles. The summed E-state index contributed by atoms with van der Waals surface area (Å²) in [6.07, 6.45) is 11.5. The van der Waals surface area contributed by atoms with Crippen molar-refractivity contribution in [1.82, 2.24) is 19.9 Å². The standard InChI is InChI=1S/C25H40N4O2/c1-24(2,3)22-15-29(27-26-22)20-11-18-13-28(23(30)25(4)9-5-6-10-25)14-19(18)12-21(20)31-16-17-7-8-17/h15,17-21H,5-14,16H2,1-4H3/t18-,19+,20-,21-/m1/s1. The zero-order valence-corrected chi connectivity index (χ0v) is 19.8. The number of ether oxygens (including phenoxy) is 1. The van der Waals surface area contributed by atoms with Gasteiger partial charge in [0.05, 0.1) is 17.8 Å². The van der Waals surface area contributed by atoms with E-state index in [-0.39, 0.29) is 23.0 Å². The lowest BCUT2D eigenvalue weighted by molar-refractivity contribution is -0.140. The van der Waals surface area contributed by atoms with Gasteiger partial charge >= 0.3 is 0 Å². The van der Waals surface area contributed by atoms with Gasteiger partial charge in [-0.3, -0.25) is 4.79 Å². The quantitative estimate of drug-likeness (QED) is 0.699. The molecule has 6 heteroatoms. The van der Waals surface area contributed by atoms with E-state index in [2.05, 4.69) is 53.8 Å². The van der Waals surface area contributed by atoms with Gasteiger partial charge in [0.15, 0.2) is 0 Å². The number of amides is 1. The van der Waals surface area contributed by atoms with Crippen molar-refractivity contribution in [3.8, 4) is 0 Å². The average molecular weight is 429 g/mol. The van der Waals surface area contributed by atoms with Crippen LogP contribution in [0.4, 0.5) is 0 Å². The molecule has 1 saturated heterocycles.